The van der Waals surface area contributed by atoms with Crippen LogP contribution in [0.25, 0.3) is 11.0 Å². The minimum atomic E-state index is -0.552. The highest BCUT2D eigenvalue weighted by Crippen LogP contribution is 2.23. The van der Waals surface area contributed by atoms with Gasteiger partial charge in [-0.15, -0.1) is 0 Å². The Hall–Kier alpha value is -3.32. The first-order valence-corrected chi connectivity index (χ1v) is 9.48. The lowest BCUT2D eigenvalue weighted by molar-refractivity contribution is -0.707. The number of carbonyl (C=O) groups excluding carboxylic acids is 1. The second kappa shape index (κ2) is 9.25. The Kier molecular flexibility index (Phi) is 6.51. The molecule has 1 heterocycles. The topological polar surface area (TPSA) is 94.4 Å². The van der Waals surface area contributed by atoms with Crippen LogP contribution in [0.5, 0.6) is 5.75 Å². The number of hydrogen-bond acceptors (Lipinski definition) is 5. The third-order valence-corrected chi connectivity index (χ3v) is 4.67. The van der Waals surface area contributed by atoms with Crippen molar-refractivity contribution < 1.29 is 24.0 Å². The van der Waals surface area contributed by atoms with Gasteiger partial charge in [-0.1, -0.05) is 12.1 Å². The van der Waals surface area contributed by atoms with Crippen LogP contribution in [0.15, 0.2) is 57.7 Å². The molecule has 0 fully saturated rings. The van der Waals surface area contributed by atoms with E-state index < -0.39 is 11.7 Å². The highest BCUT2D eigenvalue weighted by molar-refractivity contribution is 5.89. The lowest BCUT2D eigenvalue weighted by Gasteiger charge is -2.15. The van der Waals surface area contributed by atoms with Gasteiger partial charge in [0.25, 0.3) is 0 Å². The fourth-order valence-electron chi connectivity index (χ4n) is 3.23. The van der Waals surface area contributed by atoms with Gasteiger partial charge in [-0.25, -0.2) is 9.59 Å². The Morgan fingerprint density at radius 2 is 2.00 bits per heavy atom. The molecule has 3 aromatic rings. The first-order valence-electron chi connectivity index (χ1n) is 9.48. The summed E-state index contributed by atoms with van der Waals surface area (Å²) in [5.41, 5.74) is 2.44. The number of fused-ring (bicyclic) bond motifs is 1. The Balaban J connectivity index is 1.82. The number of methoxy groups -OCH3 is 1. The van der Waals surface area contributed by atoms with Gasteiger partial charge in [0.1, 0.15) is 23.9 Å². The van der Waals surface area contributed by atoms with E-state index in [9.17, 15) is 9.59 Å². The summed E-state index contributed by atoms with van der Waals surface area (Å²) in [7, 11) is 1.66. The van der Waals surface area contributed by atoms with Crippen molar-refractivity contribution in [2.45, 2.75) is 26.4 Å². The molecule has 2 aromatic carbocycles. The number of carbonyl (C=O) groups is 1. The molecule has 0 unspecified atom stereocenters. The molecule has 1 atom stereocenters. The van der Waals surface area contributed by atoms with E-state index in [1.807, 2.05) is 30.3 Å². The van der Waals surface area contributed by atoms with E-state index in [-0.39, 0.29) is 12.6 Å². The van der Waals surface area contributed by atoms with Gasteiger partial charge in [0.05, 0.1) is 19.3 Å². The molecular weight excluding hydrogens is 372 g/mol. The summed E-state index contributed by atoms with van der Waals surface area (Å²) >= 11 is 0. The molecule has 0 radical (unpaired) electrons. The lowest BCUT2D eigenvalue weighted by atomic mass is 10.1. The van der Waals surface area contributed by atoms with Gasteiger partial charge in [0.2, 0.25) is 0 Å². The number of nitrogens with two attached hydrogens (primary N) is 1. The predicted molar refractivity (Wildman–Crippen MR) is 110 cm³/mol. The van der Waals surface area contributed by atoms with Crippen LogP contribution < -0.4 is 21.0 Å². The fourth-order valence-corrected chi connectivity index (χ4v) is 3.23. The van der Waals surface area contributed by atoms with Gasteiger partial charge in [-0.2, -0.15) is 0 Å². The summed E-state index contributed by atoms with van der Waals surface area (Å²) in [6.07, 6.45) is -0.552. The molecule has 1 amide bonds. The average Bonchev–Trinajstić information content (AvgIpc) is 2.71. The van der Waals surface area contributed by atoms with E-state index in [0.717, 1.165) is 22.3 Å². The molecule has 3 rings (SSSR count). The number of quaternary nitrogens is 1. The van der Waals surface area contributed by atoms with Crippen LogP contribution in [-0.2, 0) is 11.3 Å². The first-order chi connectivity index (χ1) is 14.0. The molecule has 29 heavy (non-hydrogen) atoms. The molecule has 1 aromatic heterocycles. The Labute approximate surface area is 168 Å². The van der Waals surface area contributed by atoms with Crippen molar-refractivity contribution >= 4 is 22.7 Å². The van der Waals surface area contributed by atoms with Crippen molar-refractivity contribution in [3.05, 3.63) is 70.1 Å². The smallest absolute Gasteiger partial charge is 0.411 e. The van der Waals surface area contributed by atoms with E-state index >= 15 is 0 Å². The normalized spacial score (nSPS) is 11.8. The Morgan fingerprint density at radius 3 is 2.76 bits per heavy atom. The van der Waals surface area contributed by atoms with Crippen LogP contribution >= 0.6 is 0 Å². The first kappa shape index (κ1) is 20.4. The van der Waals surface area contributed by atoms with E-state index in [1.54, 1.807) is 26.2 Å². The van der Waals surface area contributed by atoms with E-state index in [1.165, 1.54) is 6.07 Å². The van der Waals surface area contributed by atoms with Crippen molar-refractivity contribution in [2.24, 2.45) is 0 Å². The van der Waals surface area contributed by atoms with Crippen molar-refractivity contribution in [1.29, 1.82) is 0 Å². The summed E-state index contributed by atoms with van der Waals surface area (Å²) in [5.74, 6) is 0.836. The molecule has 7 nitrogen and oxygen atoms in total. The monoisotopic (exact) mass is 397 g/mol. The molecule has 3 N–H and O–H groups in total. The van der Waals surface area contributed by atoms with Gasteiger partial charge in [0, 0.05) is 28.8 Å². The largest absolute Gasteiger partial charge is 0.496 e. The number of hydrogen-bond donors (Lipinski definition) is 2. The fraction of sp³-hybridized carbons (Fsp3) is 0.273. The van der Waals surface area contributed by atoms with Crippen LogP contribution in [-0.4, -0.2) is 19.8 Å². The zero-order chi connectivity index (χ0) is 20.8. The number of para-hydroxylation sites is 1. The van der Waals surface area contributed by atoms with Crippen molar-refractivity contribution in [3.8, 4) is 5.75 Å². The highest BCUT2D eigenvalue weighted by Gasteiger charge is 2.15. The summed E-state index contributed by atoms with van der Waals surface area (Å²) < 4.78 is 15.6. The van der Waals surface area contributed by atoms with Gasteiger partial charge in [0.15, 0.2) is 0 Å². The van der Waals surface area contributed by atoms with Crippen LogP contribution in [0.4, 0.5) is 10.5 Å². The summed E-state index contributed by atoms with van der Waals surface area (Å²) in [4.78, 5) is 23.6. The number of anilines is 1. The number of benzene rings is 2. The second-order valence-corrected chi connectivity index (χ2v) is 6.62. The predicted octanol–water partition coefficient (Wildman–Crippen LogP) is 3.19. The molecule has 0 aliphatic rings. The van der Waals surface area contributed by atoms with Gasteiger partial charge in [-0.05, 0) is 38.1 Å². The van der Waals surface area contributed by atoms with Gasteiger partial charge in [-0.3, -0.25) is 5.32 Å². The molecule has 0 saturated carbocycles. The molecule has 0 bridgehead atoms. The maximum absolute atomic E-state index is 12.0. The summed E-state index contributed by atoms with van der Waals surface area (Å²) in [5, 5.41) is 5.57. The molecular formula is C22H25N2O5+. The van der Waals surface area contributed by atoms with E-state index in [4.69, 9.17) is 13.9 Å². The number of amides is 1. The van der Waals surface area contributed by atoms with Crippen molar-refractivity contribution in [3.63, 3.8) is 0 Å². The number of rotatable bonds is 7. The molecule has 7 heteroatoms. The molecule has 152 valence electrons. The summed E-state index contributed by atoms with van der Waals surface area (Å²) in [6.45, 7) is 4.69. The molecule has 0 spiro atoms. The SMILES string of the molecule is CCOC(=O)Nc1ccc2c(C[NH2+][C@@H](C)c3ccccc3OC)cc(=O)oc2c1. The molecule has 0 aliphatic carbocycles. The van der Waals surface area contributed by atoms with Gasteiger partial charge >= 0.3 is 11.7 Å². The second-order valence-electron chi connectivity index (χ2n) is 6.62. The van der Waals surface area contributed by atoms with Crippen molar-refractivity contribution in [2.75, 3.05) is 19.0 Å². The summed E-state index contributed by atoms with van der Waals surface area (Å²) in [6, 6.07) is 14.7. The zero-order valence-electron chi connectivity index (χ0n) is 16.7. The average molecular weight is 397 g/mol. The van der Waals surface area contributed by atoms with Crippen LogP contribution in [0.2, 0.25) is 0 Å². The standard InChI is InChI=1S/C22H24N2O5/c1-4-28-22(26)24-16-9-10-18-15(11-21(25)29-20(18)12-16)13-23-14(2)17-7-5-6-8-19(17)27-3/h5-12,14,23H,4,13H2,1-3H3,(H,24,26)/p+1/t14-/m0/s1. The zero-order valence-corrected chi connectivity index (χ0v) is 16.7. The minimum Gasteiger partial charge on any atom is -0.496 e. The van der Waals surface area contributed by atoms with E-state index in [0.29, 0.717) is 17.8 Å². The minimum absolute atomic E-state index is 0.137. The lowest BCUT2D eigenvalue weighted by Crippen LogP contribution is -2.83. The third-order valence-electron chi connectivity index (χ3n) is 4.67. The molecule has 0 aliphatic heterocycles. The van der Waals surface area contributed by atoms with Crippen LogP contribution in [0.3, 0.4) is 0 Å². The maximum Gasteiger partial charge on any atom is 0.411 e. The third kappa shape index (κ3) is 4.94. The number of nitrogens with one attached hydrogen (secondary N) is 1. The van der Waals surface area contributed by atoms with E-state index in [2.05, 4.69) is 17.6 Å². The Morgan fingerprint density at radius 1 is 1.21 bits per heavy atom. The van der Waals surface area contributed by atoms with Crippen molar-refractivity contribution in [1.82, 2.24) is 0 Å². The maximum atomic E-state index is 12.0. The number of ether oxygens (including phenoxy) is 2. The molecule has 0 saturated heterocycles. The quantitative estimate of drug-likeness (QED) is 0.597. The van der Waals surface area contributed by atoms with Gasteiger partial charge < -0.3 is 19.2 Å². The van der Waals surface area contributed by atoms with Crippen LogP contribution in [0, 0.1) is 0 Å². The van der Waals surface area contributed by atoms with Crippen LogP contribution in [0.1, 0.15) is 31.0 Å². The Bertz CT molecular complexity index is 1060. The highest BCUT2D eigenvalue weighted by atomic mass is 16.5.